The van der Waals surface area contributed by atoms with Gasteiger partial charge in [0, 0.05) is 18.0 Å². The molecule has 0 aliphatic carbocycles. The number of anilines is 1. The van der Waals surface area contributed by atoms with Gasteiger partial charge in [0.05, 0.1) is 5.56 Å². The molecule has 1 unspecified atom stereocenters. The quantitative estimate of drug-likeness (QED) is 0.744. The molecule has 0 radical (unpaired) electrons. The number of rotatable bonds is 2. The Bertz CT molecular complexity index is 764. The maximum atomic E-state index is 13.2. The van der Waals surface area contributed by atoms with Crippen molar-refractivity contribution in [1.29, 1.82) is 0 Å². The Morgan fingerprint density at radius 3 is 2.52 bits per heavy atom. The number of halogens is 4. The number of benzene rings is 2. The number of hydrogen-bond donors (Lipinski definition) is 1. The first-order valence-electron chi connectivity index (χ1n) is 7.46. The summed E-state index contributed by atoms with van der Waals surface area (Å²) in [6.07, 6.45) is -4.39. The van der Waals surface area contributed by atoms with Crippen molar-refractivity contribution in [2.24, 2.45) is 0 Å². The van der Waals surface area contributed by atoms with Crippen LogP contribution in [0.3, 0.4) is 0 Å². The number of alkyl halides is 3. The number of hydrogen-bond acceptors (Lipinski definition) is 2. The normalized spacial score (nSPS) is 17.6. The second-order valence-electron chi connectivity index (χ2n) is 5.48. The third-order valence-corrected chi connectivity index (χ3v) is 5.01. The third kappa shape index (κ3) is 4.07. The Morgan fingerprint density at radius 1 is 1.16 bits per heavy atom. The van der Waals surface area contributed by atoms with Gasteiger partial charge in [-0.05, 0) is 35.9 Å². The molecule has 2 aromatic carbocycles. The molecule has 1 heterocycles. The number of nitrogens with one attached hydrogen (secondary N) is 1. The second-order valence-corrected chi connectivity index (χ2v) is 6.66. The Morgan fingerprint density at radius 2 is 1.88 bits per heavy atom. The van der Waals surface area contributed by atoms with E-state index in [1.807, 2.05) is 0 Å². The predicted molar refractivity (Wildman–Crippen MR) is 88.8 cm³/mol. The van der Waals surface area contributed by atoms with E-state index >= 15 is 0 Å². The Labute approximate surface area is 146 Å². The van der Waals surface area contributed by atoms with Gasteiger partial charge in [0.2, 0.25) is 0 Å². The molecular weight excluding hydrogens is 356 g/mol. The van der Waals surface area contributed by atoms with Crippen molar-refractivity contribution in [1.82, 2.24) is 4.90 Å². The average molecular weight is 370 g/mol. The van der Waals surface area contributed by atoms with Crippen LogP contribution in [0.2, 0.25) is 0 Å². The number of urea groups is 1. The number of carbonyl (C=O) groups is 1. The first kappa shape index (κ1) is 17.6. The zero-order chi connectivity index (χ0) is 18.0. The summed E-state index contributed by atoms with van der Waals surface area (Å²) < 4.78 is 51.2. The first-order chi connectivity index (χ1) is 11.8. The van der Waals surface area contributed by atoms with Crippen molar-refractivity contribution in [3.05, 3.63) is 65.5 Å². The summed E-state index contributed by atoms with van der Waals surface area (Å²) in [6, 6.07) is 9.89. The van der Waals surface area contributed by atoms with Gasteiger partial charge in [0.15, 0.2) is 0 Å². The lowest BCUT2D eigenvalue weighted by atomic mass is 10.1. The zero-order valence-corrected chi connectivity index (χ0v) is 13.7. The fourth-order valence-corrected chi connectivity index (χ4v) is 3.81. The van der Waals surface area contributed by atoms with Gasteiger partial charge in [-0.3, -0.25) is 0 Å². The lowest BCUT2D eigenvalue weighted by Crippen LogP contribution is -2.34. The Hall–Kier alpha value is -2.22. The molecule has 0 spiro atoms. The van der Waals surface area contributed by atoms with Gasteiger partial charge in [-0.2, -0.15) is 13.2 Å². The van der Waals surface area contributed by atoms with E-state index in [0.29, 0.717) is 23.5 Å². The lowest BCUT2D eigenvalue weighted by Gasteiger charge is -2.24. The fourth-order valence-electron chi connectivity index (χ4n) is 2.55. The van der Waals surface area contributed by atoms with Crippen molar-refractivity contribution in [3.63, 3.8) is 0 Å². The molecule has 1 aliphatic rings. The largest absolute Gasteiger partial charge is 0.416 e. The smallest absolute Gasteiger partial charge is 0.308 e. The molecule has 132 valence electrons. The molecule has 3 rings (SSSR count). The molecule has 1 fully saturated rings. The van der Waals surface area contributed by atoms with E-state index in [-0.39, 0.29) is 5.37 Å². The highest BCUT2D eigenvalue weighted by Crippen LogP contribution is 2.39. The van der Waals surface area contributed by atoms with Gasteiger partial charge in [0.1, 0.15) is 11.2 Å². The number of amides is 2. The van der Waals surface area contributed by atoms with Gasteiger partial charge >= 0.3 is 12.2 Å². The lowest BCUT2D eigenvalue weighted by molar-refractivity contribution is -0.137. The van der Waals surface area contributed by atoms with E-state index in [9.17, 15) is 22.4 Å². The van der Waals surface area contributed by atoms with Crippen LogP contribution in [0, 0.1) is 5.82 Å². The molecule has 1 N–H and O–H groups in total. The number of thioether (sulfide) groups is 1. The summed E-state index contributed by atoms with van der Waals surface area (Å²) >= 11 is 1.47. The van der Waals surface area contributed by atoms with Gasteiger partial charge in [-0.15, -0.1) is 11.8 Å². The van der Waals surface area contributed by atoms with Crippen LogP contribution in [0.1, 0.15) is 16.5 Å². The summed E-state index contributed by atoms with van der Waals surface area (Å²) in [7, 11) is 0. The average Bonchev–Trinajstić information content (AvgIpc) is 3.04. The third-order valence-electron chi connectivity index (χ3n) is 3.75. The molecule has 2 amide bonds. The van der Waals surface area contributed by atoms with Crippen LogP contribution in [0.4, 0.5) is 28.0 Å². The van der Waals surface area contributed by atoms with E-state index in [2.05, 4.69) is 5.32 Å². The van der Waals surface area contributed by atoms with E-state index < -0.39 is 23.6 Å². The molecule has 0 aromatic heterocycles. The minimum Gasteiger partial charge on any atom is -0.308 e. The maximum Gasteiger partial charge on any atom is 0.416 e. The number of nitrogens with zero attached hydrogens (tertiary/aromatic N) is 1. The summed E-state index contributed by atoms with van der Waals surface area (Å²) in [4.78, 5) is 14.0. The fraction of sp³-hybridized carbons (Fsp3) is 0.235. The molecule has 1 aliphatic heterocycles. The van der Waals surface area contributed by atoms with Crippen LogP contribution in [-0.2, 0) is 6.18 Å². The first-order valence-corrected chi connectivity index (χ1v) is 8.51. The van der Waals surface area contributed by atoms with Crippen molar-refractivity contribution in [2.75, 3.05) is 17.6 Å². The van der Waals surface area contributed by atoms with Crippen LogP contribution >= 0.6 is 11.8 Å². The summed E-state index contributed by atoms with van der Waals surface area (Å²) in [5.41, 5.74) is 0.216. The molecule has 8 heteroatoms. The second kappa shape index (κ2) is 6.95. The van der Waals surface area contributed by atoms with Crippen LogP contribution in [0.25, 0.3) is 0 Å². The molecule has 25 heavy (non-hydrogen) atoms. The van der Waals surface area contributed by atoms with Crippen molar-refractivity contribution < 1.29 is 22.4 Å². The molecule has 0 saturated carbocycles. The molecule has 3 nitrogen and oxygen atoms in total. The molecule has 2 aromatic rings. The SMILES string of the molecule is O=C(Nc1cccc(F)c1)N1CCSC1c1ccc(C(F)(F)F)cc1. The number of carbonyl (C=O) groups excluding carboxylic acids is 1. The summed E-state index contributed by atoms with van der Waals surface area (Å²) in [5.74, 6) is 0.204. The zero-order valence-electron chi connectivity index (χ0n) is 12.9. The van der Waals surface area contributed by atoms with Crippen LogP contribution in [0.15, 0.2) is 48.5 Å². The predicted octanol–water partition coefficient (Wildman–Crippen LogP) is 5.12. The van der Waals surface area contributed by atoms with E-state index in [0.717, 1.165) is 12.1 Å². The maximum absolute atomic E-state index is 13.2. The van der Waals surface area contributed by atoms with Crippen molar-refractivity contribution in [2.45, 2.75) is 11.6 Å². The van der Waals surface area contributed by atoms with Crippen molar-refractivity contribution >= 4 is 23.5 Å². The Balaban J connectivity index is 1.74. The minimum atomic E-state index is -4.39. The van der Waals surface area contributed by atoms with Crippen LogP contribution < -0.4 is 5.32 Å². The van der Waals surface area contributed by atoms with Crippen LogP contribution in [0.5, 0.6) is 0 Å². The molecule has 0 bridgehead atoms. The van der Waals surface area contributed by atoms with Gasteiger partial charge in [0.25, 0.3) is 0 Å². The topological polar surface area (TPSA) is 32.3 Å². The monoisotopic (exact) mass is 370 g/mol. The van der Waals surface area contributed by atoms with E-state index in [4.69, 9.17) is 0 Å². The highest BCUT2D eigenvalue weighted by atomic mass is 32.2. The van der Waals surface area contributed by atoms with Crippen molar-refractivity contribution in [3.8, 4) is 0 Å². The summed E-state index contributed by atoms with van der Waals surface area (Å²) in [6.45, 7) is 0.456. The van der Waals surface area contributed by atoms with Gasteiger partial charge in [-0.25, -0.2) is 9.18 Å². The highest BCUT2D eigenvalue weighted by Gasteiger charge is 2.33. The Kier molecular flexibility index (Phi) is 4.89. The standard InChI is InChI=1S/C17H14F4N2OS/c18-13-2-1-3-14(10-13)22-16(24)23-8-9-25-15(23)11-4-6-12(7-5-11)17(19,20)21/h1-7,10,15H,8-9H2,(H,22,24). The van der Waals surface area contributed by atoms with Crippen LogP contribution in [-0.4, -0.2) is 23.2 Å². The summed E-state index contributed by atoms with van der Waals surface area (Å²) in [5, 5.41) is 2.23. The van der Waals surface area contributed by atoms with E-state index in [1.165, 1.54) is 47.0 Å². The van der Waals surface area contributed by atoms with E-state index in [1.54, 1.807) is 6.07 Å². The minimum absolute atomic E-state index is 0.327. The highest BCUT2D eigenvalue weighted by molar-refractivity contribution is 7.99. The molecule has 1 saturated heterocycles. The molecular formula is C17H14F4N2OS. The molecule has 1 atom stereocenters. The van der Waals surface area contributed by atoms with Gasteiger partial charge < -0.3 is 10.2 Å². The van der Waals surface area contributed by atoms with Gasteiger partial charge in [-0.1, -0.05) is 18.2 Å².